The first-order chi connectivity index (χ1) is 41.1. The standard InChI is InChI=1S/C57H98F2N7O20PSi/c1-39(2)46(60)50(69)62-40(3)48(67)63-42-17-16-41(43(36-42)49(68)61-19-21-74-24-25-76-28-29-78-32-33-80-35-34-79-31-30-77-27-26-75-23-22-73-13)37-81-53(71)65-45-18-20-66(52(70)64-45)51-57(58,59)47(84-88(14,15)56(10,11)12)44(83-51)38-82-87(72,85-54(4,5)6)86-55(7,8)9/h16-18,20,36,39-40,44,46-47,51H,19,21-35,37-38,60H2,1-15H3,(H,61,68)(H,62,69)(H,63,67)(H,64,65,70,71)/t40-,44-,46+,47-,51-/m1/s1. The van der Waals surface area contributed by atoms with E-state index in [1.54, 1.807) is 75.6 Å². The number of alkyl halides is 2. The van der Waals surface area contributed by atoms with Crippen molar-refractivity contribution in [3.05, 3.63) is 52.1 Å². The van der Waals surface area contributed by atoms with E-state index in [4.69, 9.17) is 71.1 Å². The fraction of sp³-hybridized carbons (Fsp3) is 0.754. The van der Waals surface area contributed by atoms with Crippen molar-refractivity contribution in [2.24, 2.45) is 11.7 Å². The largest absolute Gasteiger partial charge is 0.475 e. The summed E-state index contributed by atoms with van der Waals surface area (Å²) in [6.45, 7) is 28.3. The van der Waals surface area contributed by atoms with Gasteiger partial charge in [-0.2, -0.15) is 13.8 Å². The van der Waals surface area contributed by atoms with Crippen LogP contribution in [-0.4, -0.2) is 202 Å². The average Bonchev–Trinajstić information content (AvgIpc) is 1.91. The highest BCUT2D eigenvalue weighted by molar-refractivity contribution is 7.48. The van der Waals surface area contributed by atoms with Gasteiger partial charge in [0.2, 0.25) is 18.0 Å². The van der Waals surface area contributed by atoms with E-state index in [1.807, 2.05) is 20.8 Å². The topological polar surface area (TPSA) is 324 Å². The second kappa shape index (κ2) is 37.1. The van der Waals surface area contributed by atoms with Crippen molar-refractivity contribution in [2.75, 3.05) is 130 Å². The first-order valence-corrected chi connectivity index (χ1v) is 33.7. The van der Waals surface area contributed by atoms with Crippen LogP contribution < -0.4 is 32.7 Å². The normalized spacial score (nSPS) is 17.2. The van der Waals surface area contributed by atoms with Crippen molar-refractivity contribution in [1.29, 1.82) is 0 Å². The number of rotatable bonds is 41. The van der Waals surface area contributed by atoms with E-state index in [1.165, 1.54) is 25.1 Å². The van der Waals surface area contributed by atoms with Gasteiger partial charge in [-0.15, -0.1) is 0 Å². The zero-order chi connectivity index (χ0) is 65.9. The molecule has 0 aliphatic carbocycles. The third-order valence-electron chi connectivity index (χ3n) is 13.0. The Kier molecular flexibility index (Phi) is 32.8. The smallest absolute Gasteiger partial charge is 0.444 e. The summed E-state index contributed by atoms with van der Waals surface area (Å²) in [6, 6.07) is 3.41. The fourth-order valence-corrected chi connectivity index (χ4v) is 10.5. The number of phosphoric ester groups is 1. The van der Waals surface area contributed by atoms with Crippen LogP contribution in [0.3, 0.4) is 0 Å². The molecule has 5 atom stereocenters. The third kappa shape index (κ3) is 28.4. The highest BCUT2D eigenvalue weighted by Gasteiger charge is 2.63. The average molecular weight is 1300 g/mol. The van der Waals surface area contributed by atoms with Gasteiger partial charge in [0.05, 0.1) is 123 Å². The van der Waals surface area contributed by atoms with Crippen molar-refractivity contribution in [3.63, 3.8) is 0 Å². The summed E-state index contributed by atoms with van der Waals surface area (Å²) in [4.78, 5) is 70.2. The predicted molar refractivity (Wildman–Crippen MR) is 324 cm³/mol. The summed E-state index contributed by atoms with van der Waals surface area (Å²) in [7, 11) is -5.82. The molecule has 31 heteroatoms. The lowest BCUT2D eigenvalue weighted by molar-refractivity contribution is -0.138. The number of carbonyl (C=O) groups is 4. The Bertz CT molecular complexity index is 2550. The highest BCUT2D eigenvalue weighted by Crippen LogP contribution is 2.57. The molecule has 0 radical (unpaired) electrons. The molecule has 88 heavy (non-hydrogen) atoms. The van der Waals surface area contributed by atoms with Crippen molar-refractivity contribution in [1.82, 2.24) is 20.2 Å². The van der Waals surface area contributed by atoms with Crippen molar-refractivity contribution in [2.45, 2.75) is 155 Å². The number of carbonyl (C=O) groups excluding carboxylic acids is 4. The zero-order valence-electron chi connectivity index (χ0n) is 53.9. The maximum atomic E-state index is 16.8. The number of nitrogens with two attached hydrogens (primary N) is 1. The second-order valence-corrected chi connectivity index (χ2v) is 30.5. The lowest BCUT2D eigenvalue weighted by atomic mass is 10.0. The van der Waals surface area contributed by atoms with Crippen LogP contribution in [0.2, 0.25) is 18.1 Å². The van der Waals surface area contributed by atoms with Crippen LogP contribution in [0.15, 0.2) is 35.3 Å². The minimum Gasteiger partial charge on any atom is -0.444 e. The molecular formula is C57H98F2N7O20PSi. The molecule has 1 saturated heterocycles. The summed E-state index contributed by atoms with van der Waals surface area (Å²) < 4.78 is 126. The van der Waals surface area contributed by atoms with Crippen molar-refractivity contribution >= 4 is 51.5 Å². The number of amides is 4. The number of aromatic nitrogens is 2. The maximum Gasteiger partial charge on any atom is 0.475 e. The third-order valence-corrected chi connectivity index (χ3v) is 19.5. The second-order valence-electron chi connectivity index (χ2n) is 24.3. The molecule has 504 valence electrons. The molecule has 0 saturated carbocycles. The van der Waals surface area contributed by atoms with Crippen molar-refractivity contribution in [3.8, 4) is 0 Å². The van der Waals surface area contributed by atoms with Gasteiger partial charge in [0.25, 0.3) is 5.91 Å². The number of hydrogen-bond acceptors (Lipinski definition) is 22. The molecule has 3 rings (SSSR count). The van der Waals surface area contributed by atoms with Crippen LogP contribution in [0, 0.1) is 5.92 Å². The monoisotopic (exact) mass is 1300 g/mol. The highest BCUT2D eigenvalue weighted by atomic mass is 31.2. The summed E-state index contributed by atoms with van der Waals surface area (Å²) >= 11 is 0. The van der Waals surface area contributed by atoms with Gasteiger partial charge in [-0.3, -0.25) is 37.8 Å². The predicted octanol–water partition coefficient (Wildman–Crippen LogP) is 6.59. The van der Waals surface area contributed by atoms with Crippen LogP contribution >= 0.6 is 7.82 Å². The van der Waals surface area contributed by atoms with Crippen LogP contribution in [0.1, 0.15) is 105 Å². The van der Waals surface area contributed by atoms with Crippen LogP contribution in [0.4, 0.5) is 25.1 Å². The van der Waals surface area contributed by atoms with E-state index >= 15 is 8.78 Å². The van der Waals surface area contributed by atoms with Crippen LogP contribution in [0.25, 0.3) is 0 Å². The summed E-state index contributed by atoms with van der Waals surface area (Å²) in [5, 5.41) is 9.70. The van der Waals surface area contributed by atoms with Gasteiger partial charge in [0.1, 0.15) is 30.7 Å². The van der Waals surface area contributed by atoms with Gasteiger partial charge < -0.3 is 73.5 Å². The first kappa shape index (κ1) is 77.8. The van der Waals surface area contributed by atoms with Gasteiger partial charge in [-0.1, -0.05) is 40.7 Å². The molecular weight excluding hydrogens is 1200 g/mol. The maximum absolute atomic E-state index is 16.8. The molecule has 4 amide bonds. The molecule has 1 aliphatic rings. The number of hydrogen-bond donors (Lipinski definition) is 5. The first-order valence-electron chi connectivity index (χ1n) is 29.3. The molecule has 2 aromatic rings. The Morgan fingerprint density at radius 1 is 0.750 bits per heavy atom. The van der Waals surface area contributed by atoms with Gasteiger partial charge in [0.15, 0.2) is 8.32 Å². The molecule has 1 aromatic heterocycles. The number of anilines is 2. The Morgan fingerprint density at radius 2 is 1.25 bits per heavy atom. The van der Waals surface area contributed by atoms with E-state index < -0.39 is 112 Å². The minimum absolute atomic E-state index is 0.0207. The van der Waals surface area contributed by atoms with Crippen LogP contribution in [-0.2, 0) is 86.1 Å². The van der Waals surface area contributed by atoms with E-state index in [0.29, 0.717) is 83.8 Å². The quantitative estimate of drug-likeness (QED) is 0.0266. The van der Waals surface area contributed by atoms with E-state index in [0.717, 1.165) is 12.3 Å². The lowest BCUT2D eigenvalue weighted by Crippen LogP contribution is -2.52. The molecule has 0 bridgehead atoms. The number of nitrogens with zero attached hydrogens (tertiary/aromatic N) is 2. The van der Waals surface area contributed by atoms with Crippen molar-refractivity contribution < 1.29 is 97.9 Å². The molecule has 6 N–H and O–H groups in total. The molecule has 1 fully saturated rings. The van der Waals surface area contributed by atoms with E-state index in [-0.39, 0.29) is 54.9 Å². The van der Waals surface area contributed by atoms with Gasteiger partial charge >= 0.3 is 25.5 Å². The molecule has 27 nitrogen and oxygen atoms in total. The summed E-state index contributed by atoms with van der Waals surface area (Å²) in [5.74, 6) is -6.27. The molecule has 1 aliphatic heterocycles. The Morgan fingerprint density at radius 3 is 1.72 bits per heavy atom. The van der Waals surface area contributed by atoms with Gasteiger partial charge in [0, 0.05) is 36.7 Å². The van der Waals surface area contributed by atoms with Crippen LogP contribution in [0.5, 0.6) is 0 Å². The van der Waals surface area contributed by atoms with Gasteiger partial charge in [-0.05, 0) is 90.7 Å². The van der Waals surface area contributed by atoms with E-state index in [9.17, 15) is 28.5 Å². The number of ether oxygens (including phenoxy) is 10. The summed E-state index contributed by atoms with van der Waals surface area (Å²) in [6.07, 6.45) is -6.13. The fourth-order valence-electron chi connectivity index (χ4n) is 7.41. The van der Waals surface area contributed by atoms with E-state index in [2.05, 4.69) is 26.3 Å². The Hall–Kier alpha value is -4.47. The SMILES string of the molecule is COCCOCCOCCOCCOCCOCCOCCOCCNC(=O)c1cc(NC(=O)[C@@H](C)NC(=O)[C@@H](N)C(C)C)ccc1COC(=O)Nc1ccn([C@@H]2O[C@H](COP(=O)(OC(C)(C)C)OC(C)(C)C)[C@@H](O[Si](C)(C)C(C)(C)C)C2(F)F)c(=O)n1. The number of methoxy groups -OCH3 is 1. The summed E-state index contributed by atoms with van der Waals surface area (Å²) in [5.41, 5.74) is 2.92. The number of benzene rings is 1. The zero-order valence-corrected chi connectivity index (χ0v) is 55.8. The Labute approximate surface area is 517 Å². The molecule has 0 unspecified atom stereocenters. The molecule has 2 heterocycles. The molecule has 1 aromatic carbocycles. The molecule has 0 spiro atoms. The number of nitrogens with one attached hydrogen (secondary N) is 4. The number of halogens is 2. The lowest BCUT2D eigenvalue weighted by Gasteiger charge is -2.40. The Balaban J connectivity index is 1.63. The minimum atomic E-state index is -4.43. The van der Waals surface area contributed by atoms with Gasteiger partial charge in [-0.25, -0.2) is 14.2 Å². The number of phosphoric acid groups is 1.